The molecular formula is C15H16N2O2. The zero-order valence-electron chi connectivity index (χ0n) is 10.8. The van der Waals surface area contributed by atoms with E-state index in [1.165, 1.54) is 0 Å². The van der Waals surface area contributed by atoms with Crippen molar-refractivity contribution in [2.24, 2.45) is 0 Å². The molecule has 2 atom stereocenters. The summed E-state index contributed by atoms with van der Waals surface area (Å²) in [5.74, 6) is 0.118. The van der Waals surface area contributed by atoms with Crippen molar-refractivity contribution in [1.82, 2.24) is 10.3 Å². The van der Waals surface area contributed by atoms with Gasteiger partial charge in [0.15, 0.2) is 5.78 Å². The van der Waals surface area contributed by atoms with Crippen molar-refractivity contribution >= 4 is 16.7 Å². The number of ketones is 1. The number of carbonyl (C=O) groups excluding carboxylic acids is 1. The quantitative estimate of drug-likeness (QED) is 0.851. The molecule has 1 saturated heterocycles. The molecule has 4 heteroatoms. The first-order chi connectivity index (χ1) is 9.28. The third kappa shape index (κ3) is 2.37. The minimum atomic E-state index is -0.147. The lowest BCUT2D eigenvalue weighted by molar-refractivity contribution is 0.0919. The molecule has 0 amide bonds. The minimum absolute atomic E-state index is 0.118. The smallest absolute Gasteiger partial charge is 0.179 e. The summed E-state index contributed by atoms with van der Waals surface area (Å²) in [6.07, 6.45) is 2.61. The maximum Gasteiger partial charge on any atom is 0.179 e. The van der Waals surface area contributed by atoms with Gasteiger partial charge in [-0.25, -0.2) is 0 Å². The minimum Gasteiger partial charge on any atom is -0.380 e. The Kier molecular flexibility index (Phi) is 3.27. The number of aromatic nitrogens is 1. The van der Waals surface area contributed by atoms with Crippen LogP contribution in [0.4, 0.5) is 0 Å². The molecule has 1 N–H and O–H groups in total. The molecule has 0 bridgehead atoms. The van der Waals surface area contributed by atoms with Crippen LogP contribution in [0.3, 0.4) is 0 Å². The first-order valence-corrected chi connectivity index (χ1v) is 6.43. The average Bonchev–Trinajstić information content (AvgIpc) is 2.95. The molecule has 1 fully saturated rings. The summed E-state index contributed by atoms with van der Waals surface area (Å²) in [6.45, 7) is 0.735. The highest BCUT2D eigenvalue weighted by molar-refractivity contribution is 6.02. The molecule has 2 heterocycles. The molecule has 0 saturated carbocycles. The average molecular weight is 256 g/mol. The topological polar surface area (TPSA) is 51.2 Å². The molecule has 1 aromatic heterocycles. The lowest BCUT2D eigenvalue weighted by atomic mass is 10.0. The van der Waals surface area contributed by atoms with E-state index in [-0.39, 0.29) is 17.9 Å². The van der Waals surface area contributed by atoms with Crippen molar-refractivity contribution in [2.75, 3.05) is 13.7 Å². The number of nitrogens with zero attached hydrogens (tertiary/aromatic N) is 1. The first kappa shape index (κ1) is 12.3. The number of pyridine rings is 1. The van der Waals surface area contributed by atoms with Crippen LogP contribution in [0.5, 0.6) is 0 Å². The summed E-state index contributed by atoms with van der Waals surface area (Å²) in [4.78, 5) is 16.7. The van der Waals surface area contributed by atoms with E-state index in [1.54, 1.807) is 13.3 Å². The molecule has 3 rings (SSSR count). The number of methoxy groups -OCH3 is 1. The number of fused-ring (bicyclic) bond motifs is 1. The van der Waals surface area contributed by atoms with Gasteiger partial charge >= 0.3 is 0 Å². The van der Waals surface area contributed by atoms with Gasteiger partial charge in [-0.05, 0) is 18.6 Å². The van der Waals surface area contributed by atoms with Crippen molar-refractivity contribution in [1.29, 1.82) is 0 Å². The number of hydrogen-bond acceptors (Lipinski definition) is 4. The van der Waals surface area contributed by atoms with Gasteiger partial charge < -0.3 is 10.1 Å². The molecule has 0 aliphatic carbocycles. The Bertz CT molecular complexity index is 612. The number of carbonyl (C=O) groups is 1. The molecule has 1 aliphatic heterocycles. The number of nitrogens with one attached hydrogen (secondary N) is 1. The van der Waals surface area contributed by atoms with E-state index in [4.69, 9.17) is 4.74 Å². The van der Waals surface area contributed by atoms with Crippen LogP contribution in [0.15, 0.2) is 36.5 Å². The standard InChI is InChI=1S/C15H16N2O2/c1-19-12-8-14(17-9-12)15(18)11-5-4-10-3-2-6-16-13(10)7-11/h2-7,12,14,17H,8-9H2,1H3. The van der Waals surface area contributed by atoms with Crippen LogP contribution in [-0.2, 0) is 4.74 Å². The van der Waals surface area contributed by atoms with Crippen LogP contribution >= 0.6 is 0 Å². The van der Waals surface area contributed by atoms with Gasteiger partial charge in [0, 0.05) is 30.8 Å². The van der Waals surface area contributed by atoms with Gasteiger partial charge in [-0.2, -0.15) is 0 Å². The van der Waals surface area contributed by atoms with Gasteiger partial charge in [-0.1, -0.05) is 18.2 Å². The molecule has 2 aromatic rings. The highest BCUT2D eigenvalue weighted by atomic mass is 16.5. The summed E-state index contributed by atoms with van der Waals surface area (Å²) < 4.78 is 5.27. The number of rotatable bonds is 3. The van der Waals surface area contributed by atoms with E-state index in [2.05, 4.69) is 10.3 Å². The fraction of sp³-hybridized carbons (Fsp3) is 0.333. The van der Waals surface area contributed by atoms with Gasteiger partial charge in [0.2, 0.25) is 0 Å². The van der Waals surface area contributed by atoms with Crippen LogP contribution in [0.2, 0.25) is 0 Å². The van der Waals surface area contributed by atoms with Crippen molar-refractivity contribution in [3.8, 4) is 0 Å². The summed E-state index contributed by atoms with van der Waals surface area (Å²) in [7, 11) is 1.68. The molecule has 4 nitrogen and oxygen atoms in total. The van der Waals surface area contributed by atoms with Gasteiger partial charge in [-0.3, -0.25) is 9.78 Å². The first-order valence-electron chi connectivity index (χ1n) is 6.43. The fourth-order valence-electron chi connectivity index (χ4n) is 2.50. The third-order valence-electron chi connectivity index (χ3n) is 3.63. The normalized spacial score (nSPS) is 22.8. The summed E-state index contributed by atoms with van der Waals surface area (Å²) in [5, 5.41) is 4.26. The largest absolute Gasteiger partial charge is 0.380 e. The van der Waals surface area contributed by atoms with Crippen LogP contribution < -0.4 is 5.32 Å². The van der Waals surface area contributed by atoms with Crippen molar-refractivity contribution in [3.05, 3.63) is 42.1 Å². The number of ether oxygens (including phenoxy) is 1. The number of hydrogen-bond donors (Lipinski definition) is 1. The summed E-state index contributed by atoms with van der Waals surface area (Å²) in [6, 6.07) is 9.41. The predicted octanol–water partition coefficient (Wildman–Crippen LogP) is 1.79. The Balaban J connectivity index is 1.85. The van der Waals surface area contributed by atoms with E-state index < -0.39 is 0 Å². The van der Waals surface area contributed by atoms with Crippen LogP contribution in [0, 0.1) is 0 Å². The zero-order valence-corrected chi connectivity index (χ0v) is 10.8. The molecule has 19 heavy (non-hydrogen) atoms. The lowest BCUT2D eigenvalue weighted by Crippen LogP contribution is -2.30. The Hall–Kier alpha value is -1.78. The van der Waals surface area contributed by atoms with Gasteiger partial charge in [0.25, 0.3) is 0 Å². The van der Waals surface area contributed by atoms with Crippen LogP contribution in [0.1, 0.15) is 16.8 Å². The van der Waals surface area contributed by atoms with Crippen LogP contribution in [-0.4, -0.2) is 36.6 Å². The maximum atomic E-state index is 12.4. The molecule has 98 valence electrons. The predicted molar refractivity (Wildman–Crippen MR) is 73.3 cm³/mol. The van der Waals surface area contributed by atoms with E-state index in [0.29, 0.717) is 5.56 Å². The van der Waals surface area contributed by atoms with Crippen molar-refractivity contribution < 1.29 is 9.53 Å². The Morgan fingerprint density at radius 3 is 3.11 bits per heavy atom. The van der Waals surface area contributed by atoms with Gasteiger partial charge in [-0.15, -0.1) is 0 Å². The summed E-state index contributed by atoms with van der Waals surface area (Å²) in [5.41, 5.74) is 1.56. The Labute approximate surface area is 111 Å². The molecule has 1 aliphatic rings. The van der Waals surface area contributed by atoms with Crippen LogP contribution in [0.25, 0.3) is 10.9 Å². The Morgan fingerprint density at radius 1 is 1.42 bits per heavy atom. The van der Waals surface area contributed by atoms with Crippen molar-refractivity contribution in [2.45, 2.75) is 18.6 Å². The van der Waals surface area contributed by atoms with E-state index >= 15 is 0 Å². The monoisotopic (exact) mass is 256 g/mol. The third-order valence-corrected chi connectivity index (χ3v) is 3.63. The second-order valence-corrected chi connectivity index (χ2v) is 4.83. The molecule has 0 spiro atoms. The SMILES string of the molecule is COC1CNC(C(=O)c2ccc3cccnc3c2)C1. The van der Waals surface area contributed by atoms with E-state index in [1.807, 2.05) is 30.3 Å². The molecule has 0 radical (unpaired) electrons. The number of benzene rings is 1. The van der Waals surface area contributed by atoms with Gasteiger partial charge in [0.1, 0.15) is 0 Å². The molecule has 2 unspecified atom stereocenters. The van der Waals surface area contributed by atoms with E-state index in [0.717, 1.165) is 23.9 Å². The zero-order chi connectivity index (χ0) is 13.2. The lowest BCUT2D eigenvalue weighted by Gasteiger charge is -2.09. The van der Waals surface area contributed by atoms with Crippen molar-refractivity contribution in [3.63, 3.8) is 0 Å². The number of Topliss-reactive ketones (excluding diaryl/α,β-unsaturated/α-hetero) is 1. The van der Waals surface area contributed by atoms with Gasteiger partial charge in [0.05, 0.1) is 17.7 Å². The second-order valence-electron chi connectivity index (χ2n) is 4.83. The molecular weight excluding hydrogens is 240 g/mol. The summed E-state index contributed by atoms with van der Waals surface area (Å²) >= 11 is 0. The fourth-order valence-corrected chi connectivity index (χ4v) is 2.50. The highest BCUT2D eigenvalue weighted by Gasteiger charge is 2.29. The second kappa shape index (κ2) is 5.07. The highest BCUT2D eigenvalue weighted by Crippen LogP contribution is 2.18. The maximum absolute atomic E-state index is 12.4. The molecule has 1 aromatic carbocycles. The Morgan fingerprint density at radius 2 is 2.32 bits per heavy atom. The van der Waals surface area contributed by atoms with E-state index in [9.17, 15) is 4.79 Å².